The standard InChI is InChI=1S/C14H15ClN4O6S2/c1-4-25-14(21)11-13(26-18-17-11)16-12(20)8-5-6-9(15)10(7-8)27(22,23)19(2)24-3/h5-7H,4H2,1-3H3,(H,16,20). The van der Waals surface area contributed by atoms with Gasteiger partial charge in [0, 0.05) is 24.1 Å². The van der Waals surface area contributed by atoms with Gasteiger partial charge in [0.2, 0.25) is 5.69 Å². The predicted molar refractivity (Wildman–Crippen MR) is 97.2 cm³/mol. The van der Waals surface area contributed by atoms with Gasteiger partial charge in [0.1, 0.15) is 4.90 Å². The third kappa shape index (κ3) is 4.59. The van der Waals surface area contributed by atoms with Crippen LogP contribution in [0.25, 0.3) is 0 Å². The normalized spacial score (nSPS) is 11.4. The Hall–Kier alpha value is -2.12. The number of ether oxygens (including phenoxy) is 1. The van der Waals surface area contributed by atoms with Gasteiger partial charge >= 0.3 is 5.97 Å². The molecule has 0 fully saturated rings. The Bertz CT molecular complexity index is 962. The number of hydrogen-bond donors (Lipinski definition) is 1. The van der Waals surface area contributed by atoms with Gasteiger partial charge in [0.25, 0.3) is 15.9 Å². The molecule has 2 rings (SSSR count). The van der Waals surface area contributed by atoms with Crippen LogP contribution in [-0.4, -0.2) is 55.1 Å². The van der Waals surface area contributed by atoms with Crippen molar-refractivity contribution >= 4 is 50.0 Å². The summed E-state index contributed by atoms with van der Waals surface area (Å²) in [5.41, 5.74) is -0.151. The highest BCUT2D eigenvalue weighted by Crippen LogP contribution is 2.26. The SMILES string of the molecule is CCOC(=O)c1nnsc1NC(=O)c1ccc(Cl)c(S(=O)(=O)N(C)OC)c1. The van der Waals surface area contributed by atoms with Crippen molar-refractivity contribution in [3.8, 4) is 0 Å². The van der Waals surface area contributed by atoms with Crippen LogP contribution in [-0.2, 0) is 19.6 Å². The molecule has 0 atom stereocenters. The molecule has 13 heteroatoms. The number of aromatic nitrogens is 2. The Balaban J connectivity index is 2.33. The van der Waals surface area contributed by atoms with E-state index >= 15 is 0 Å². The molecule has 0 aliphatic rings. The van der Waals surface area contributed by atoms with Gasteiger partial charge in [-0.25, -0.2) is 13.2 Å². The topological polar surface area (TPSA) is 128 Å². The van der Waals surface area contributed by atoms with Crippen molar-refractivity contribution in [2.45, 2.75) is 11.8 Å². The second-order valence-corrected chi connectivity index (χ2v) is 7.93. The number of sulfonamides is 1. The first-order valence-corrected chi connectivity index (χ1v) is 9.94. The maximum atomic E-state index is 12.5. The van der Waals surface area contributed by atoms with Crippen molar-refractivity contribution in [2.75, 3.05) is 26.1 Å². The van der Waals surface area contributed by atoms with E-state index in [0.29, 0.717) is 4.47 Å². The second-order valence-electron chi connectivity index (χ2n) is 4.87. The first-order chi connectivity index (χ1) is 12.7. The zero-order chi connectivity index (χ0) is 20.2. The highest BCUT2D eigenvalue weighted by atomic mass is 35.5. The smallest absolute Gasteiger partial charge is 0.362 e. The maximum absolute atomic E-state index is 12.5. The van der Waals surface area contributed by atoms with E-state index in [1.54, 1.807) is 6.92 Å². The van der Waals surface area contributed by atoms with E-state index in [1.165, 1.54) is 26.3 Å². The molecule has 0 unspecified atom stereocenters. The van der Waals surface area contributed by atoms with Crippen LogP contribution in [0.1, 0.15) is 27.8 Å². The first kappa shape index (κ1) is 21.2. The molecule has 1 aromatic carbocycles. The lowest BCUT2D eigenvalue weighted by atomic mass is 10.2. The molecule has 146 valence electrons. The number of rotatable bonds is 7. The molecule has 2 aromatic rings. The summed E-state index contributed by atoms with van der Waals surface area (Å²) in [6.07, 6.45) is 0. The number of carbonyl (C=O) groups excluding carboxylic acids is 2. The van der Waals surface area contributed by atoms with Crippen molar-refractivity contribution < 1.29 is 27.6 Å². The molecule has 27 heavy (non-hydrogen) atoms. The number of benzene rings is 1. The van der Waals surface area contributed by atoms with E-state index in [0.717, 1.165) is 17.6 Å². The van der Waals surface area contributed by atoms with Crippen LogP contribution in [0.3, 0.4) is 0 Å². The number of anilines is 1. The molecular weight excluding hydrogens is 420 g/mol. The average Bonchev–Trinajstić information content (AvgIpc) is 3.09. The molecule has 0 aliphatic heterocycles. The van der Waals surface area contributed by atoms with Gasteiger partial charge in [-0.2, -0.15) is 0 Å². The first-order valence-electron chi connectivity index (χ1n) is 7.35. The zero-order valence-corrected chi connectivity index (χ0v) is 16.8. The minimum absolute atomic E-state index is 0.00862. The van der Waals surface area contributed by atoms with E-state index in [-0.39, 0.29) is 32.8 Å². The Morgan fingerprint density at radius 3 is 2.70 bits per heavy atom. The minimum Gasteiger partial charge on any atom is -0.461 e. The summed E-state index contributed by atoms with van der Waals surface area (Å²) in [7, 11) is -1.70. The third-order valence-corrected chi connectivity index (χ3v) is 6.05. The number of hydroxylamine groups is 1. The predicted octanol–water partition coefficient (Wildman–Crippen LogP) is 1.80. The van der Waals surface area contributed by atoms with Gasteiger partial charge in [-0.1, -0.05) is 20.6 Å². The van der Waals surface area contributed by atoms with Gasteiger partial charge in [0.15, 0.2) is 5.00 Å². The van der Waals surface area contributed by atoms with Crippen LogP contribution in [0.5, 0.6) is 0 Å². The fraction of sp³-hybridized carbons (Fsp3) is 0.286. The Labute approximate surface area is 164 Å². The molecule has 1 aromatic heterocycles. The lowest BCUT2D eigenvalue weighted by Crippen LogP contribution is -2.26. The van der Waals surface area contributed by atoms with Crippen LogP contribution in [0.2, 0.25) is 5.02 Å². The molecule has 1 heterocycles. The van der Waals surface area contributed by atoms with E-state index in [9.17, 15) is 18.0 Å². The van der Waals surface area contributed by atoms with Crippen LogP contribution >= 0.6 is 23.1 Å². The number of hydrogen-bond acceptors (Lipinski definition) is 9. The van der Waals surface area contributed by atoms with Crippen molar-refractivity contribution in [2.24, 2.45) is 0 Å². The van der Waals surface area contributed by atoms with Crippen molar-refractivity contribution in [1.29, 1.82) is 0 Å². The Kier molecular flexibility index (Phi) is 6.84. The summed E-state index contributed by atoms with van der Waals surface area (Å²) in [6, 6.07) is 3.70. The molecule has 0 spiro atoms. The fourth-order valence-corrected chi connectivity index (χ4v) is 3.89. The lowest BCUT2D eigenvalue weighted by Gasteiger charge is -2.15. The third-order valence-electron chi connectivity index (χ3n) is 3.25. The molecule has 0 saturated heterocycles. The quantitative estimate of drug-likeness (QED) is 0.516. The van der Waals surface area contributed by atoms with E-state index < -0.39 is 21.9 Å². The van der Waals surface area contributed by atoms with Crippen LogP contribution < -0.4 is 5.32 Å². The maximum Gasteiger partial charge on any atom is 0.362 e. The molecule has 1 N–H and O–H groups in total. The molecular formula is C14H15ClN4O6S2. The number of esters is 1. The van der Waals surface area contributed by atoms with Gasteiger partial charge < -0.3 is 10.1 Å². The highest BCUT2D eigenvalue weighted by Gasteiger charge is 2.26. The number of amides is 1. The van der Waals surface area contributed by atoms with E-state index in [1.807, 2.05) is 0 Å². The minimum atomic E-state index is -4.06. The molecule has 0 aliphatic carbocycles. The number of halogens is 1. The number of carbonyl (C=O) groups is 2. The molecule has 0 radical (unpaired) electrons. The Morgan fingerprint density at radius 1 is 1.37 bits per heavy atom. The van der Waals surface area contributed by atoms with Crippen molar-refractivity contribution in [1.82, 2.24) is 14.1 Å². The van der Waals surface area contributed by atoms with Crippen LogP contribution in [0.4, 0.5) is 5.00 Å². The van der Waals surface area contributed by atoms with E-state index in [2.05, 4.69) is 14.9 Å². The largest absolute Gasteiger partial charge is 0.461 e. The monoisotopic (exact) mass is 434 g/mol. The molecule has 0 saturated carbocycles. The average molecular weight is 435 g/mol. The number of nitrogens with zero attached hydrogens (tertiary/aromatic N) is 3. The summed E-state index contributed by atoms with van der Waals surface area (Å²) in [5, 5.41) is 6.08. The highest BCUT2D eigenvalue weighted by molar-refractivity contribution is 7.89. The van der Waals surface area contributed by atoms with Crippen LogP contribution in [0, 0.1) is 0 Å². The summed E-state index contributed by atoms with van der Waals surface area (Å²) < 4.78 is 33.9. The zero-order valence-electron chi connectivity index (χ0n) is 14.4. The summed E-state index contributed by atoms with van der Waals surface area (Å²) >= 11 is 6.74. The van der Waals surface area contributed by atoms with Gasteiger partial charge in [-0.05, 0) is 25.1 Å². The molecule has 1 amide bonds. The molecule has 0 bridgehead atoms. The van der Waals surface area contributed by atoms with Crippen LogP contribution in [0.15, 0.2) is 23.1 Å². The van der Waals surface area contributed by atoms with Gasteiger partial charge in [-0.15, -0.1) is 5.10 Å². The number of nitrogens with one attached hydrogen (secondary N) is 1. The Morgan fingerprint density at radius 2 is 2.07 bits per heavy atom. The fourth-order valence-electron chi connectivity index (χ4n) is 1.86. The lowest BCUT2D eigenvalue weighted by molar-refractivity contribution is -0.0258. The summed E-state index contributed by atoms with van der Waals surface area (Å²) in [4.78, 5) is 28.7. The van der Waals surface area contributed by atoms with Gasteiger partial charge in [-0.3, -0.25) is 9.63 Å². The van der Waals surface area contributed by atoms with Crippen molar-refractivity contribution in [3.63, 3.8) is 0 Å². The van der Waals surface area contributed by atoms with E-state index in [4.69, 9.17) is 21.2 Å². The summed E-state index contributed by atoms with van der Waals surface area (Å²) in [6.45, 7) is 1.76. The van der Waals surface area contributed by atoms with Gasteiger partial charge in [0.05, 0.1) is 18.7 Å². The van der Waals surface area contributed by atoms with Crippen molar-refractivity contribution in [3.05, 3.63) is 34.5 Å². The molecule has 10 nitrogen and oxygen atoms in total. The summed E-state index contributed by atoms with van der Waals surface area (Å²) in [5.74, 6) is -1.41. The second kappa shape index (κ2) is 8.71.